The zero-order valence-corrected chi connectivity index (χ0v) is 11.4. The van der Waals surface area contributed by atoms with E-state index in [-0.39, 0.29) is 5.02 Å². The Balaban J connectivity index is 2.36. The van der Waals surface area contributed by atoms with Crippen LogP contribution >= 0.6 is 23.2 Å². The Kier molecular flexibility index (Phi) is 3.78. The van der Waals surface area contributed by atoms with E-state index < -0.39 is 5.82 Å². The normalized spacial score (nSPS) is 10.7. The SMILES string of the molecule is Cc1nn(C)c(Oc2ccc(F)c(Cl)c2)c1CCl. The van der Waals surface area contributed by atoms with Gasteiger partial charge in [-0.15, -0.1) is 11.6 Å². The fourth-order valence-corrected chi connectivity index (χ4v) is 2.09. The molecule has 0 bridgehead atoms. The molecule has 0 aliphatic heterocycles. The second-order valence-corrected chi connectivity index (χ2v) is 4.48. The van der Waals surface area contributed by atoms with E-state index in [0.29, 0.717) is 17.5 Å². The summed E-state index contributed by atoms with van der Waals surface area (Å²) in [6, 6.07) is 4.17. The Morgan fingerprint density at radius 3 is 2.78 bits per heavy atom. The number of benzene rings is 1. The number of halogens is 3. The molecule has 0 saturated heterocycles. The molecule has 18 heavy (non-hydrogen) atoms. The van der Waals surface area contributed by atoms with Gasteiger partial charge in [-0.05, 0) is 19.1 Å². The molecule has 0 amide bonds. The third kappa shape index (κ3) is 2.44. The molecular weight excluding hydrogens is 278 g/mol. The summed E-state index contributed by atoms with van der Waals surface area (Å²) in [7, 11) is 1.75. The minimum Gasteiger partial charge on any atom is -0.439 e. The summed E-state index contributed by atoms with van der Waals surface area (Å²) in [5, 5.41) is 4.23. The first kappa shape index (κ1) is 13.2. The fourth-order valence-electron chi connectivity index (χ4n) is 1.61. The summed E-state index contributed by atoms with van der Waals surface area (Å²) in [4.78, 5) is 0. The second-order valence-electron chi connectivity index (χ2n) is 3.80. The Hall–Kier alpha value is -1.26. The predicted octanol–water partition coefficient (Wildman–Crippen LogP) is 4.05. The lowest BCUT2D eigenvalue weighted by Gasteiger charge is -2.08. The van der Waals surface area contributed by atoms with Crippen LogP contribution in [-0.2, 0) is 12.9 Å². The standard InChI is InChI=1S/C12H11Cl2FN2O/c1-7-9(6-13)12(17(2)16-7)18-8-3-4-11(15)10(14)5-8/h3-5H,6H2,1-2H3. The van der Waals surface area contributed by atoms with Crippen molar-refractivity contribution in [3.8, 4) is 11.6 Å². The third-order valence-corrected chi connectivity index (χ3v) is 3.08. The van der Waals surface area contributed by atoms with E-state index in [2.05, 4.69) is 5.10 Å². The highest BCUT2D eigenvalue weighted by molar-refractivity contribution is 6.30. The van der Waals surface area contributed by atoms with Crippen molar-refractivity contribution in [3.05, 3.63) is 40.3 Å². The highest BCUT2D eigenvalue weighted by atomic mass is 35.5. The van der Waals surface area contributed by atoms with Crippen LogP contribution in [0, 0.1) is 12.7 Å². The van der Waals surface area contributed by atoms with Crippen molar-refractivity contribution in [2.45, 2.75) is 12.8 Å². The average Bonchev–Trinajstić information content (AvgIpc) is 2.58. The van der Waals surface area contributed by atoms with Gasteiger partial charge >= 0.3 is 0 Å². The molecule has 0 aliphatic carbocycles. The predicted molar refractivity (Wildman–Crippen MR) is 69.0 cm³/mol. The van der Waals surface area contributed by atoms with Crippen LogP contribution in [0.25, 0.3) is 0 Å². The van der Waals surface area contributed by atoms with Gasteiger partial charge in [0.05, 0.1) is 22.2 Å². The minimum absolute atomic E-state index is 0.0128. The van der Waals surface area contributed by atoms with Crippen LogP contribution in [0.5, 0.6) is 11.6 Å². The lowest BCUT2D eigenvalue weighted by atomic mass is 10.3. The van der Waals surface area contributed by atoms with Gasteiger partial charge in [-0.2, -0.15) is 5.10 Å². The molecule has 0 N–H and O–H groups in total. The highest BCUT2D eigenvalue weighted by Crippen LogP contribution is 2.30. The van der Waals surface area contributed by atoms with Crippen molar-refractivity contribution in [2.75, 3.05) is 0 Å². The van der Waals surface area contributed by atoms with Crippen molar-refractivity contribution in [2.24, 2.45) is 7.05 Å². The number of aromatic nitrogens is 2. The maximum absolute atomic E-state index is 13.0. The summed E-state index contributed by atoms with van der Waals surface area (Å²) in [6.45, 7) is 1.85. The quantitative estimate of drug-likeness (QED) is 0.797. The van der Waals surface area contributed by atoms with Gasteiger partial charge in [0.15, 0.2) is 0 Å². The van der Waals surface area contributed by atoms with E-state index in [9.17, 15) is 4.39 Å². The molecule has 0 radical (unpaired) electrons. The Bertz CT molecular complexity index is 584. The van der Waals surface area contributed by atoms with Gasteiger partial charge in [0.2, 0.25) is 5.88 Å². The molecule has 0 atom stereocenters. The molecule has 6 heteroatoms. The van der Waals surface area contributed by atoms with Crippen molar-refractivity contribution < 1.29 is 9.13 Å². The lowest BCUT2D eigenvalue weighted by molar-refractivity contribution is 0.426. The Morgan fingerprint density at radius 1 is 1.44 bits per heavy atom. The van der Waals surface area contributed by atoms with Gasteiger partial charge in [-0.25, -0.2) is 9.07 Å². The van der Waals surface area contributed by atoms with Crippen molar-refractivity contribution >= 4 is 23.2 Å². The molecule has 2 aromatic rings. The number of aryl methyl sites for hydroxylation is 2. The van der Waals surface area contributed by atoms with Crippen LogP contribution < -0.4 is 4.74 Å². The van der Waals surface area contributed by atoms with Crippen LogP contribution in [0.4, 0.5) is 4.39 Å². The molecule has 1 aromatic heterocycles. The molecule has 0 unspecified atom stereocenters. The Morgan fingerprint density at radius 2 is 2.17 bits per heavy atom. The fraction of sp³-hybridized carbons (Fsp3) is 0.250. The van der Waals surface area contributed by atoms with Crippen molar-refractivity contribution in [1.82, 2.24) is 9.78 Å². The molecule has 1 heterocycles. The van der Waals surface area contributed by atoms with E-state index in [4.69, 9.17) is 27.9 Å². The van der Waals surface area contributed by atoms with E-state index >= 15 is 0 Å². The van der Waals surface area contributed by atoms with E-state index in [1.54, 1.807) is 11.7 Å². The number of rotatable bonds is 3. The summed E-state index contributed by atoms with van der Waals surface area (Å²) in [5.74, 6) is 0.785. The van der Waals surface area contributed by atoms with Crippen LogP contribution in [0.2, 0.25) is 5.02 Å². The zero-order valence-electron chi connectivity index (χ0n) is 9.88. The maximum atomic E-state index is 13.0. The monoisotopic (exact) mass is 288 g/mol. The molecular formula is C12H11Cl2FN2O. The summed E-state index contributed by atoms with van der Waals surface area (Å²) >= 11 is 11.5. The van der Waals surface area contributed by atoms with Gasteiger partial charge < -0.3 is 4.74 Å². The molecule has 1 aromatic carbocycles. The molecule has 2 rings (SSSR count). The van der Waals surface area contributed by atoms with Gasteiger partial charge in [0, 0.05) is 13.1 Å². The summed E-state index contributed by atoms with van der Waals surface area (Å²) < 4.78 is 20.3. The van der Waals surface area contributed by atoms with Crippen LogP contribution in [0.1, 0.15) is 11.3 Å². The number of alkyl halides is 1. The molecule has 96 valence electrons. The molecule has 0 aliphatic rings. The Labute approximate surface area is 114 Å². The first-order valence-corrected chi connectivity index (χ1v) is 6.15. The van der Waals surface area contributed by atoms with Gasteiger partial charge in [0.25, 0.3) is 0 Å². The molecule has 0 saturated carbocycles. The van der Waals surface area contributed by atoms with Crippen molar-refractivity contribution in [3.63, 3.8) is 0 Å². The largest absolute Gasteiger partial charge is 0.439 e. The van der Waals surface area contributed by atoms with Gasteiger partial charge in [-0.3, -0.25) is 0 Å². The summed E-state index contributed by atoms with van der Waals surface area (Å²) in [6.07, 6.45) is 0. The van der Waals surface area contributed by atoms with Gasteiger partial charge in [-0.1, -0.05) is 11.6 Å². The number of nitrogens with zero attached hydrogens (tertiary/aromatic N) is 2. The average molecular weight is 289 g/mol. The van der Waals surface area contributed by atoms with E-state index in [1.165, 1.54) is 18.2 Å². The van der Waals surface area contributed by atoms with Crippen LogP contribution in [0.3, 0.4) is 0 Å². The van der Waals surface area contributed by atoms with Crippen LogP contribution in [0.15, 0.2) is 18.2 Å². The van der Waals surface area contributed by atoms with Crippen LogP contribution in [-0.4, -0.2) is 9.78 Å². The minimum atomic E-state index is -0.484. The number of ether oxygens (including phenoxy) is 1. The molecule has 3 nitrogen and oxygen atoms in total. The topological polar surface area (TPSA) is 27.1 Å². The zero-order chi connectivity index (χ0) is 13.3. The number of hydrogen-bond acceptors (Lipinski definition) is 2. The molecule has 0 spiro atoms. The van der Waals surface area contributed by atoms with E-state index in [0.717, 1.165) is 11.3 Å². The maximum Gasteiger partial charge on any atom is 0.222 e. The number of hydrogen-bond donors (Lipinski definition) is 0. The molecule has 0 fully saturated rings. The van der Waals surface area contributed by atoms with Gasteiger partial charge in [0.1, 0.15) is 11.6 Å². The lowest BCUT2D eigenvalue weighted by Crippen LogP contribution is -1.96. The first-order chi connectivity index (χ1) is 8.52. The third-order valence-electron chi connectivity index (χ3n) is 2.53. The first-order valence-electron chi connectivity index (χ1n) is 5.24. The van der Waals surface area contributed by atoms with E-state index in [1.807, 2.05) is 6.92 Å². The second kappa shape index (κ2) is 5.16. The smallest absolute Gasteiger partial charge is 0.222 e. The summed E-state index contributed by atoms with van der Waals surface area (Å²) in [5.41, 5.74) is 1.61. The highest BCUT2D eigenvalue weighted by Gasteiger charge is 2.15. The van der Waals surface area contributed by atoms with Crippen molar-refractivity contribution in [1.29, 1.82) is 0 Å².